The molecule has 1 spiro atoms. The van der Waals surface area contributed by atoms with Gasteiger partial charge in [0.25, 0.3) is 5.91 Å². The number of benzene rings is 1. The maximum absolute atomic E-state index is 13.1. The second-order valence-electron chi connectivity index (χ2n) is 5.60. The van der Waals surface area contributed by atoms with Crippen LogP contribution in [-0.2, 0) is 11.0 Å². The van der Waals surface area contributed by atoms with Crippen molar-refractivity contribution in [1.82, 2.24) is 5.32 Å². The summed E-state index contributed by atoms with van der Waals surface area (Å²) in [5.74, 6) is 0.854. The lowest BCUT2D eigenvalue weighted by Crippen LogP contribution is -2.49. The number of nitriles is 1. The Morgan fingerprint density at radius 1 is 1.25 bits per heavy atom. The van der Waals surface area contributed by atoms with Crippen molar-refractivity contribution in [2.24, 2.45) is 0 Å². The number of hydrogen-bond donors (Lipinski definition) is 1. The molecule has 2 fully saturated rings. The minimum Gasteiger partial charge on any atom is -0.323 e. The highest BCUT2D eigenvalue weighted by molar-refractivity contribution is 7.99. The SMILES string of the molecule is N#Cc1ccc(N2C(=O)NC3(CCSCC3)C2=O)cc1C(F)(F)F. The summed E-state index contributed by atoms with van der Waals surface area (Å²) in [6.45, 7) is 0. The van der Waals surface area contributed by atoms with Crippen molar-refractivity contribution in [1.29, 1.82) is 5.26 Å². The second-order valence-corrected chi connectivity index (χ2v) is 6.83. The maximum Gasteiger partial charge on any atom is 0.417 e. The normalized spacial score (nSPS) is 20.2. The van der Waals surface area contributed by atoms with Gasteiger partial charge in [0.2, 0.25) is 0 Å². The number of rotatable bonds is 1. The molecule has 1 aromatic carbocycles. The molecule has 0 radical (unpaired) electrons. The van der Waals surface area contributed by atoms with Crippen LogP contribution < -0.4 is 10.2 Å². The number of thioether (sulfide) groups is 1. The van der Waals surface area contributed by atoms with Gasteiger partial charge in [-0.2, -0.15) is 30.2 Å². The fourth-order valence-corrected chi connectivity index (χ4v) is 4.11. The summed E-state index contributed by atoms with van der Waals surface area (Å²) in [7, 11) is 0. The summed E-state index contributed by atoms with van der Waals surface area (Å²) in [5, 5.41) is 11.5. The molecule has 0 aromatic heterocycles. The Labute approximate surface area is 139 Å². The van der Waals surface area contributed by atoms with Crippen molar-refractivity contribution in [3.63, 3.8) is 0 Å². The third-order valence-corrected chi connectivity index (χ3v) is 5.18. The van der Waals surface area contributed by atoms with Gasteiger partial charge in [-0.25, -0.2) is 9.69 Å². The molecule has 2 aliphatic heterocycles. The summed E-state index contributed by atoms with van der Waals surface area (Å²) in [6, 6.07) is 3.57. The average molecular weight is 355 g/mol. The summed E-state index contributed by atoms with van der Waals surface area (Å²) >= 11 is 1.66. The summed E-state index contributed by atoms with van der Waals surface area (Å²) in [4.78, 5) is 25.7. The Morgan fingerprint density at radius 3 is 2.50 bits per heavy atom. The van der Waals surface area contributed by atoms with Crippen molar-refractivity contribution < 1.29 is 22.8 Å². The van der Waals surface area contributed by atoms with Gasteiger partial charge >= 0.3 is 12.2 Å². The number of carbonyl (C=O) groups excluding carboxylic acids is 2. The molecule has 2 heterocycles. The van der Waals surface area contributed by atoms with E-state index in [1.54, 1.807) is 11.8 Å². The zero-order chi connectivity index (χ0) is 17.5. The van der Waals surface area contributed by atoms with Gasteiger partial charge in [0.05, 0.1) is 22.9 Å². The number of hydrogen-bond acceptors (Lipinski definition) is 4. The van der Waals surface area contributed by atoms with E-state index in [1.807, 2.05) is 0 Å². The average Bonchev–Trinajstić information content (AvgIpc) is 2.77. The van der Waals surface area contributed by atoms with Crippen LogP contribution in [0.5, 0.6) is 0 Å². The first kappa shape index (κ1) is 16.6. The van der Waals surface area contributed by atoms with Gasteiger partial charge < -0.3 is 5.32 Å². The van der Waals surface area contributed by atoms with Crippen LogP contribution in [-0.4, -0.2) is 29.0 Å². The minimum absolute atomic E-state index is 0.182. The zero-order valence-electron chi connectivity index (χ0n) is 12.3. The van der Waals surface area contributed by atoms with Gasteiger partial charge in [-0.3, -0.25) is 4.79 Å². The van der Waals surface area contributed by atoms with Gasteiger partial charge in [0.15, 0.2) is 0 Å². The van der Waals surface area contributed by atoms with Crippen LogP contribution in [0.15, 0.2) is 18.2 Å². The van der Waals surface area contributed by atoms with Crippen LogP contribution in [0.25, 0.3) is 0 Å². The molecule has 0 unspecified atom stereocenters. The van der Waals surface area contributed by atoms with Gasteiger partial charge in [0, 0.05) is 0 Å². The number of halogens is 3. The van der Waals surface area contributed by atoms with E-state index in [0.29, 0.717) is 30.4 Å². The van der Waals surface area contributed by atoms with Gasteiger partial charge in [-0.05, 0) is 42.5 Å². The molecule has 1 N–H and O–H groups in total. The monoisotopic (exact) mass is 355 g/mol. The molecule has 2 aliphatic rings. The third kappa shape index (κ3) is 2.60. The number of alkyl halides is 3. The first-order valence-corrected chi connectivity index (χ1v) is 8.30. The Bertz CT molecular complexity index is 751. The Balaban J connectivity index is 2.02. The summed E-state index contributed by atoms with van der Waals surface area (Å²) in [6.07, 6.45) is -3.86. The molecule has 0 saturated carbocycles. The van der Waals surface area contributed by atoms with Gasteiger partial charge in [-0.1, -0.05) is 0 Å². The van der Waals surface area contributed by atoms with Crippen LogP contribution in [0.3, 0.4) is 0 Å². The van der Waals surface area contributed by atoms with Crippen molar-refractivity contribution in [2.75, 3.05) is 16.4 Å². The van der Waals surface area contributed by atoms with Gasteiger partial charge in [0.1, 0.15) is 5.54 Å². The lowest BCUT2D eigenvalue weighted by Gasteiger charge is -2.30. The maximum atomic E-state index is 13.1. The molecule has 5 nitrogen and oxygen atoms in total. The molecule has 3 rings (SSSR count). The van der Waals surface area contributed by atoms with Crippen LogP contribution in [0.2, 0.25) is 0 Å². The molecular weight excluding hydrogens is 343 g/mol. The minimum atomic E-state index is -4.75. The van der Waals surface area contributed by atoms with Gasteiger partial charge in [-0.15, -0.1) is 0 Å². The first-order chi connectivity index (χ1) is 11.3. The fourth-order valence-electron chi connectivity index (χ4n) is 2.92. The molecule has 9 heteroatoms. The number of anilines is 1. The third-order valence-electron chi connectivity index (χ3n) is 4.20. The molecule has 0 atom stereocenters. The molecule has 0 aliphatic carbocycles. The lowest BCUT2D eigenvalue weighted by atomic mass is 9.92. The van der Waals surface area contributed by atoms with Crippen molar-refractivity contribution in [3.05, 3.63) is 29.3 Å². The van der Waals surface area contributed by atoms with Crippen LogP contribution in [0.4, 0.5) is 23.7 Å². The Hall–Kier alpha value is -2.21. The van der Waals surface area contributed by atoms with E-state index in [2.05, 4.69) is 5.32 Å². The highest BCUT2D eigenvalue weighted by atomic mass is 32.2. The van der Waals surface area contributed by atoms with E-state index >= 15 is 0 Å². The molecule has 0 bridgehead atoms. The smallest absolute Gasteiger partial charge is 0.323 e. The number of amides is 3. The Kier molecular flexibility index (Phi) is 3.95. The molecule has 3 amide bonds. The molecule has 2 saturated heterocycles. The van der Waals surface area contributed by atoms with E-state index in [9.17, 15) is 22.8 Å². The van der Waals surface area contributed by atoms with Crippen molar-refractivity contribution >= 4 is 29.4 Å². The van der Waals surface area contributed by atoms with Crippen LogP contribution in [0, 0.1) is 11.3 Å². The van der Waals surface area contributed by atoms with E-state index < -0.39 is 34.8 Å². The molecule has 126 valence electrons. The molecule has 24 heavy (non-hydrogen) atoms. The number of urea groups is 1. The quantitative estimate of drug-likeness (QED) is 0.786. The summed E-state index contributed by atoms with van der Waals surface area (Å²) in [5.41, 5.74) is -2.93. The summed E-state index contributed by atoms with van der Waals surface area (Å²) < 4.78 is 39.3. The predicted octanol–water partition coefficient (Wildman–Crippen LogP) is 2.90. The number of nitrogens with one attached hydrogen (secondary N) is 1. The zero-order valence-corrected chi connectivity index (χ0v) is 13.1. The Morgan fingerprint density at radius 2 is 1.92 bits per heavy atom. The van der Waals surface area contributed by atoms with Crippen molar-refractivity contribution in [3.8, 4) is 6.07 Å². The van der Waals surface area contributed by atoms with E-state index in [-0.39, 0.29) is 5.69 Å². The highest BCUT2D eigenvalue weighted by Gasteiger charge is 2.52. The van der Waals surface area contributed by atoms with Crippen LogP contribution >= 0.6 is 11.8 Å². The standard InChI is InChI=1S/C15H12F3N3O2S/c16-15(17,18)11-7-10(2-1-9(11)8-19)21-12(22)14(20-13(21)23)3-5-24-6-4-14/h1-2,7H,3-6H2,(H,20,23). The van der Waals surface area contributed by atoms with E-state index in [0.717, 1.165) is 11.0 Å². The largest absolute Gasteiger partial charge is 0.417 e. The molecule has 1 aromatic rings. The fraction of sp³-hybridized carbons (Fsp3) is 0.400. The first-order valence-electron chi connectivity index (χ1n) is 7.14. The van der Waals surface area contributed by atoms with Crippen molar-refractivity contribution in [2.45, 2.75) is 24.6 Å². The second kappa shape index (κ2) is 5.70. The highest BCUT2D eigenvalue weighted by Crippen LogP contribution is 2.38. The molecular formula is C15H12F3N3O2S. The number of imide groups is 1. The topological polar surface area (TPSA) is 73.2 Å². The van der Waals surface area contributed by atoms with E-state index in [4.69, 9.17) is 5.26 Å². The van der Waals surface area contributed by atoms with Crippen LogP contribution in [0.1, 0.15) is 24.0 Å². The number of carbonyl (C=O) groups is 2. The number of nitrogens with zero attached hydrogens (tertiary/aromatic N) is 2. The predicted molar refractivity (Wildman–Crippen MR) is 81.5 cm³/mol. The van der Waals surface area contributed by atoms with E-state index in [1.165, 1.54) is 12.1 Å². The lowest BCUT2D eigenvalue weighted by molar-refractivity contribution is -0.137.